The molecule has 170 valence electrons. The number of nitrogens with zero attached hydrogens (tertiary/aromatic N) is 2. The van der Waals surface area contributed by atoms with Crippen LogP contribution in [0.2, 0.25) is 0 Å². The van der Waals surface area contributed by atoms with Crippen molar-refractivity contribution in [3.63, 3.8) is 0 Å². The molecule has 0 atom stereocenters. The Morgan fingerprint density at radius 1 is 1.00 bits per heavy atom. The van der Waals surface area contributed by atoms with Crippen molar-refractivity contribution in [2.75, 3.05) is 44.7 Å². The fourth-order valence-electron chi connectivity index (χ4n) is 4.23. The Labute approximate surface area is 188 Å². The van der Waals surface area contributed by atoms with Crippen molar-refractivity contribution in [1.82, 2.24) is 4.90 Å². The monoisotopic (exact) mass is 424 g/mol. The third-order valence-electron chi connectivity index (χ3n) is 6.53. The highest BCUT2D eigenvalue weighted by molar-refractivity contribution is 5.48. The largest absolute Gasteiger partial charge is 0.494 e. The number of aliphatic hydroxyl groups is 1. The fraction of sp³-hybridized carbons (Fsp3) is 0.556. The van der Waals surface area contributed by atoms with Gasteiger partial charge in [0.05, 0.1) is 12.2 Å². The lowest BCUT2D eigenvalue weighted by Crippen LogP contribution is -2.46. The molecule has 1 N–H and O–H groups in total. The minimum atomic E-state index is -0.534. The van der Waals surface area contributed by atoms with Crippen LogP contribution in [0.15, 0.2) is 54.6 Å². The van der Waals surface area contributed by atoms with E-state index in [0.29, 0.717) is 0 Å². The van der Waals surface area contributed by atoms with Crippen molar-refractivity contribution in [3.05, 3.63) is 60.2 Å². The van der Waals surface area contributed by atoms with E-state index in [1.165, 1.54) is 17.7 Å². The van der Waals surface area contributed by atoms with E-state index in [0.717, 1.165) is 77.1 Å². The van der Waals surface area contributed by atoms with E-state index in [4.69, 9.17) is 4.74 Å². The van der Waals surface area contributed by atoms with Crippen LogP contribution >= 0.6 is 0 Å². The lowest BCUT2D eigenvalue weighted by molar-refractivity contribution is -0.0258. The van der Waals surface area contributed by atoms with Gasteiger partial charge in [-0.3, -0.25) is 0 Å². The minimum absolute atomic E-state index is 0.534. The van der Waals surface area contributed by atoms with Crippen LogP contribution in [0.4, 0.5) is 5.69 Å². The third kappa shape index (κ3) is 7.86. The molecular weight excluding hydrogens is 384 g/mol. The number of piperidine rings is 1. The van der Waals surface area contributed by atoms with E-state index in [9.17, 15) is 5.11 Å². The average Bonchev–Trinajstić information content (AvgIpc) is 2.80. The van der Waals surface area contributed by atoms with E-state index >= 15 is 0 Å². The zero-order chi connectivity index (χ0) is 21.9. The standard InChI is InChI=1S/C27H40N2O2/c1-3-4-23-31-26-14-12-25(13-15-26)28(2)20-16-27(30)17-21-29(22-18-27)19-8-11-24-9-6-5-7-10-24/h5-7,9-10,12-15,30H,3-4,8,11,16-23H2,1-2H3. The predicted octanol–water partition coefficient (Wildman–Crippen LogP) is 5.15. The number of ether oxygens (including phenoxy) is 1. The second-order valence-electron chi connectivity index (χ2n) is 9.02. The van der Waals surface area contributed by atoms with Gasteiger partial charge in [0.2, 0.25) is 0 Å². The highest BCUT2D eigenvalue weighted by atomic mass is 16.5. The molecule has 1 fully saturated rings. The Kier molecular flexibility index (Phi) is 9.23. The summed E-state index contributed by atoms with van der Waals surface area (Å²) in [5.74, 6) is 0.934. The zero-order valence-electron chi connectivity index (χ0n) is 19.4. The fourth-order valence-corrected chi connectivity index (χ4v) is 4.23. The number of anilines is 1. The van der Waals surface area contributed by atoms with Gasteiger partial charge in [0.1, 0.15) is 5.75 Å². The highest BCUT2D eigenvalue weighted by Gasteiger charge is 2.32. The minimum Gasteiger partial charge on any atom is -0.494 e. The highest BCUT2D eigenvalue weighted by Crippen LogP contribution is 2.27. The van der Waals surface area contributed by atoms with Crippen molar-refractivity contribution >= 4 is 5.69 Å². The number of likely N-dealkylation sites (tertiary alicyclic amines) is 1. The first-order chi connectivity index (χ1) is 15.1. The molecule has 0 aliphatic carbocycles. The number of hydrogen-bond donors (Lipinski definition) is 1. The van der Waals surface area contributed by atoms with E-state index in [1.54, 1.807) is 0 Å². The van der Waals surface area contributed by atoms with Gasteiger partial charge < -0.3 is 19.6 Å². The second kappa shape index (κ2) is 12.1. The van der Waals surface area contributed by atoms with Crippen molar-refractivity contribution in [2.45, 2.75) is 57.5 Å². The first kappa shape index (κ1) is 23.6. The number of benzene rings is 2. The number of unbranched alkanes of at least 4 members (excludes halogenated alkanes) is 1. The molecule has 1 heterocycles. The van der Waals surface area contributed by atoms with E-state index < -0.39 is 5.60 Å². The Balaban J connectivity index is 1.35. The molecule has 4 nitrogen and oxygen atoms in total. The van der Waals surface area contributed by atoms with E-state index in [2.05, 4.69) is 66.2 Å². The van der Waals surface area contributed by atoms with Gasteiger partial charge in [-0.15, -0.1) is 0 Å². The van der Waals surface area contributed by atoms with Gasteiger partial charge in [-0.05, 0) is 74.9 Å². The van der Waals surface area contributed by atoms with Crippen molar-refractivity contribution < 1.29 is 9.84 Å². The molecule has 0 saturated carbocycles. The second-order valence-corrected chi connectivity index (χ2v) is 9.02. The summed E-state index contributed by atoms with van der Waals surface area (Å²) in [7, 11) is 2.11. The quantitative estimate of drug-likeness (QED) is 0.478. The van der Waals surface area contributed by atoms with Gasteiger partial charge in [-0.2, -0.15) is 0 Å². The van der Waals surface area contributed by atoms with Gasteiger partial charge in [0.15, 0.2) is 0 Å². The number of rotatable bonds is 12. The van der Waals surface area contributed by atoms with Crippen LogP contribution in [-0.4, -0.2) is 55.4 Å². The molecule has 0 aromatic heterocycles. The topological polar surface area (TPSA) is 35.9 Å². The van der Waals surface area contributed by atoms with Crippen LogP contribution in [0.5, 0.6) is 5.75 Å². The lowest BCUT2D eigenvalue weighted by atomic mass is 9.88. The van der Waals surface area contributed by atoms with E-state index in [1.807, 2.05) is 12.1 Å². The van der Waals surface area contributed by atoms with Gasteiger partial charge in [0.25, 0.3) is 0 Å². The Hall–Kier alpha value is -2.04. The Morgan fingerprint density at radius 2 is 1.71 bits per heavy atom. The van der Waals surface area contributed by atoms with Crippen LogP contribution in [0.25, 0.3) is 0 Å². The maximum absolute atomic E-state index is 11.1. The summed E-state index contributed by atoms with van der Waals surface area (Å²) < 4.78 is 5.75. The smallest absolute Gasteiger partial charge is 0.119 e. The summed E-state index contributed by atoms with van der Waals surface area (Å²) >= 11 is 0. The van der Waals surface area contributed by atoms with Crippen molar-refractivity contribution in [1.29, 1.82) is 0 Å². The lowest BCUT2D eigenvalue weighted by Gasteiger charge is -2.39. The molecule has 4 heteroatoms. The molecule has 0 spiro atoms. The molecule has 1 saturated heterocycles. The summed E-state index contributed by atoms with van der Waals surface area (Å²) in [6.07, 6.45) is 7.11. The van der Waals surface area contributed by atoms with Gasteiger partial charge in [-0.25, -0.2) is 0 Å². The molecule has 1 aliphatic heterocycles. The van der Waals surface area contributed by atoms with Crippen molar-refractivity contribution in [3.8, 4) is 5.75 Å². The van der Waals surface area contributed by atoms with Gasteiger partial charge in [0, 0.05) is 32.4 Å². The molecule has 2 aromatic rings. The molecule has 0 radical (unpaired) electrons. The molecule has 2 aromatic carbocycles. The maximum atomic E-state index is 11.1. The summed E-state index contributed by atoms with van der Waals surface area (Å²) in [5.41, 5.74) is 2.05. The third-order valence-corrected chi connectivity index (χ3v) is 6.53. The molecule has 0 amide bonds. The van der Waals surface area contributed by atoms with Gasteiger partial charge in [-0.1, -0.05) is 43.7 Å². The first-order valence-corrected chi connectivity index (χ1v) is 12.0. The van der Waals surface area contributed by atoms with Gasteiger partial charge >= 0.3 is 0 Å². The molecule has 0 unspecified atom stereocenters. The van der Waals surface area contributed by atoms with Crippen molar-refractivity contribution in [2.24, 2.45) is 0 Å². The molecular formula is C27H40N2O2. The summed E-state index contributed by atoms with van der Waals surface area (Å²) in [4.78, 5) is 4.75. The van der Waals surface area contributed by atoms with Crippen LogP contribution in [0.3, 0.4) is 0 Å². The zero-order valence-corrected chi connectivity index (χ0v) is 19.4. The van der Waals surface area contributed by atoms with E-state index in [-0.39, 0.29) is 0 Å². The molecule has 3 rings (SSSR count). The van der Waals surface area contributed by atoms with Crippen LogP contribution in [0, 0.1) is 0 Å². The van der Waals surface area contributed by atoms with Crippen LogP contribution in [-0.2, 0) is 6.42 Å². The maximum Gasteiger partial charge on any atom is 0.119 e. The SMILES string of the molecule is CCCCOc1ccc(N(C)CCC2(O)CCN(CCCc3ccccc3)CC2)cc1. The van der Waals surface area contributed by atoms with Crippen LogP contribution in [0.1, 0.15) is 51.0 Å². The first-order valence-electron chi connectivity index (χ1n) is 12.0. The average molecular weight is 425 g/mol. The Morgan fingerprint density at radius 3 is 2.39 bits per heavy atom. The summed E-state index contributed by atoms with van der Waals surface area (Å²) in [6, 6.07) is 19.0. The number of hydrogen-bond acceptors (Lipinski definition) is 4. The summed E-state index contributed by atoms with van der Waals surface area (Å²) in [5, 5.41) is 11.1. The molecule has 1 aliphatic rings. The van der Waals surface area contributed by atoms with Crippen LogP contribution < -0.4 is 9.64 Å². The predicted molar refractivity (Wildman–Crippen MR) is 130 cm³/mol. The normalized spacial score (nSPS) is 16.2. The number of aryl methyl sites for hydroxylation is 1. The molecule has 31 heavy (non-hydrogen) atoms. The summed E-state index contributed by atoms with van der Waals surface area (Å²) in [6.45, 7) is 6.93. The molecule has 0 bridgehead atoms. The Bertz CT molecular complexity index is 740.